The van der Waals surface area contributed by atoms with Crippen molar-refractivity contribution in [3.05, 3.63) is 58.9 Å². The average molecular weight is 296 g/mol. The average Bonchev–Trinajstić information content (AvgIpc) is 2.47. The number of ether oxygens (including phenoxy) is 1. The summed E-state index contributed by atoms with van der Waals surface area (Å²) in [7, 11) is 1.57. The van der Waals surface area contributed by atoms with E-state index in [2.05, 4.69) is 5.32 Å². The predicted molar refractivity (Wildman–Crippen MR) is 77.9 cm³/mol. The molecule has 2 N–H and O–H groups in total. The Morgan fingerprint density at radius 3 is 2.60 bits per heavy atom. The minimum Gasteiger partial charge on any atom is -0.497 e. The molecule has 0 radical (unpaired) electrons. The van der Waals surface area contributed by atoms with Crippen molar-refractivity contribution in [1.82, 2.24) is 0 Å². The number of nitrogens with one attached hydrogen (secondary N) is 1. The minimum atomic E-state index is -0.752. The van der Waals surface area contributed by atoms with Crippen LogP contribution < -0.4 is 10.1 Å². The lowest BCUT2D eigenvalue weighted by Crippen LogP contribution is -2.12. The lowest BCUT2D eigenvalue weighted by Gasteiger charge is -2.14. The lowest BCUT2D eigenvalue weighted by molar-refractivity contribution is 0.191. The highest BCUT2D eigenvalue weighted by atomic mass is 35.5. The van der Waals surface area contributed by atoms with Crippen molar-refractivity contribution < 1.29 is 14.2 Å². The third kappa shape index (κ3) is 3.62. The molecule has 0 aliphatic carbocycles. The summed E-state index contributed by atoms with van der Waals surface area (Å²) in [4.78, 5) is 0. The van der Waals surface area contributed by atoms with E-state index >= 15 is 0 Å². The van der Waals surface area contributed by atoms with E-state index in [0.717, 1.165) is 0 Å². The fraction of sp³-hybridized carbons (Fsp3) is 0.200. The number of hydrogen-bond donors (Lipinski definition) is 2. The topological polar surface area (TPSA) is 41.5 Å². The molecule has 0 saturated heterocycles. The van der Waals surface area contributed by atoms with Crippen molar-refractivity contribution in [1.29, 1.82) is 0 Å². The summed E-state index contributed by atoms with van der Waals surface area (Å²) in [6.45, 7) is 0.262. The molecule has 5 heteroatoms. The van der Waals surface area contributed by atoms with Gasteiger partial charge in [0.2, 0.25) is 0 Å². The van der Waals surface area contributed by atoms with E-state index in [4.69, 9.17) is 16.3 Å². The van der Waals surface area contributed by atoms with Gasteiger partial charge in [0, 0.05) is 12.6 Å². The third-order valence-corrected chi connectivity index (χ3v) is 3.24. The molecule has 0 aliphatic heterocycles. The van der Waals surface area contributed by atoms with Gasteiger partial charge in [-0.1, -0.05) is 23.7 Å². The second-order valence-electron chi connectivity index (χ2n) is 4.29. The lowest BCUT2D eigenvalue weighted by atomic mass is 10.1. The minimum absolute atomic E-state index is 0.262. The van der Waals surface area contributed by atoms with Crippen LogP contribution in [0.15, 0.2) is 42.5 Å². The molecule has 0 amide bonds. The van der Waals surface area contributed by atoms with Crippen molar-refractivity contribution in [2.45, 2.75) is 6.10 Å². The monoisotopic (exact) mass is 295 g/mol. The summed E-state index contributed by atoms with van der Waals surface area (Å²) in [6.07, 6.45) is -0.752. The zero-order valence-electron chi connectivity index (χ0n) is 10.9. The second kappa shape index (κ2) is 6.59. The standard InChI is InChI=1S/C15H15ClFNO2/c1-20-12-6-7-13(16)14(8-12)18-9-15(19)10-2-4-11(17)5-3-10/h2-8,15,18-19H,9H2,1H3. The van der Waals surface area contributed by atoms with Gasteiger partial charge in [-0.3, -0.25) is 0 Å². The number of aliphatic hydroxyl groups excluding tert-OH is 1. The van der Waals surface area contributed by atoms with E-state index in [-0.39, 0.29) is 12.4 Å². The van der Waals surface area contributed by atoms with Crippen LogP contribution in [-0.4, -0.2) is 18.8 Å². The molecule has 0 heterocycles. The Balaban J connectivity index is 2.02. The van der Waals surface area contributed by atoms with Crippen molar-refractivity contribution in [2.75, 3.05) is 19.0 Å². The molecule has 2 aromatic rings. The first-order valence-electron chi connectivity index (χ1n) is 6.11. The summed E-state index contributed by atoms with van der Waals surface area (Å²) in [5, 5.41) is 13.6. The van der Waals surface area contributed by atoms with Crippen LogP contribution in [0.5, 0.6) is 5.75 Å². The van der Waals surface area contributed by atoms with Crippen LogP contribution in [0.25, 0.3) is 0 Å². The Morgan fingerprint density at radius 1 is 1.25 bits per heavy atom. The maximum absolute atomic E-state index is 12.8. The molecule has 2 rings (SSSR count). The number of hydrogen-bond acceptors (Lipinski definition) is 3. The van der Waals surface area contributed by atoms with Crippen LogP contribution in [-0.2, 0) is 0 Å². The first-order chi connectivity index (χ1) is 9.60. The van der Waals surface area contributed by atoms with Gasteiger partial charge in [-0.25, -0.2) is 4.39 Å². The summed E-state index contributed by atoms with van der Waals surface area (Å²) < 4.78 is 17.9. The summed E-state index contributed by atoms with van der Waals surface area (Å²) in [6, 6.07) is 11.0. The molecule has 0 aromatic heterocycles. The summed E-state index contributed by atoms with van der Waals surface area (Å²) >= 11 is 6.05. The van der Waals surface area contributed by atoms with Gasteiger partial charge in [-0.2, -0.15) is 0 Å². The predicted octanol–water partition coefficient (Wildman–Crippen LogP) is 3.63. The molecule has 3 nitrogen and oxygen atoms in total. The van der Waals surface area contributed by atoms with Crippen molar-refractivity contribution in [3.63, 3.8) is 0 Å². The molecule has 0 spiro atoms. The molecule has 0 bridgehead atoms. The van der Waals surface area contributed by atoms with E-state index in [0.29, 0.717) is 22.0 Å². The summed E-state index contributed by atoms with van der Waals surface area (Å²) in [5.74, 6) is 0.345. The highest BCUT2D eigenvalue weighted by molar-refractivity contribution is 6.33. The molecule has 1 atom stereocenters. The first-order valence-corrected chi connectivity index (χ1v) is 6.49. The Morgan fingerprint density at radius 2 is 1.95 bits per heavy atom. The summed E-state index contributed by atoms with van der Waals surface area (Å²) in [5.41, 5.74) is 1.31. The first kappa shape index (κ1) is 14.6. The molecule has 0 fully saturated rings. The smallest absolute Gasteiger partial charge is 0.123 e. The van der Waals surface area contributed by atoms with Crippen molar-refractivity contribution >= 4 is 17.3 Å². The van der Waals surface area contributed by atoms with Gasteiger partial charge >= 0.3 is 0 Å². The van der Waals surface area contributed by atoms with Gasteiger partial charge in [0.25, 0.3) is 0 Å². The SMILES string of the molecule is COc1ccc(Cl)c(NCC(O)c2ccc(F)cc2)c1. The van der Waals surface area contributed by atoms with Gasteiger partial charge in [-0.15, -0.1) is 0 Å². The van der Waals surface area contributed by atoms with Crippen molar-refractivity contribution in [3.8, 4) is 5.75 Å². The van der Waals surface area contributed by atoms with E-state index in [1.165, 1.54) is 12.1 Å². The van der Waals surface area contributed by atoms with Gasteiger partial charge in [0.15, 0.2) is 0 Å². The van der Waals surface area contributed by atoms with Crippen molar-refractivity contribution in [2.24, 2.45) is 0 Å². The molecule has 0 saturated carbocycles. The fourth-order valence-electron chi connectivity index (χ4n) is 1.78. The highest BCUT2D eigenvalue weighted by Gasteiger charge is 2.09. The van der Waals surface area contributed by atoms with Gasteiger partial charge in [-0.05, 0) is 29.8 Å². The zero-order valence-corrected chi connectivity index (χ0v) is 11.7. The van der Waals surface area contributed by atoms with E-state index < -0.39 is 6.10 Å². The molecule has 106 valence electrons. The quantitative estimate of drug-likeness (QED) is 0.885. The molecular weight excluding hydrogens is 281 g/mol. The van der Waals surface area contributed by atoms with Crippen LogP contribution in [0, 0.1) is 5.82 Å². The van der Waals surface area contributed by atoms with E-state index in [1.807, 2.05) is 0 Å². The van der Waals surface area contributed by atoms with Crippen LogP contribution >= 0.6 is 11.6 Å². The van der Waals surface area contributed by atoms with Gasteiger partial charge < -0.3 is 15.2 Å². The highest BCUT2D eigenvalue weighted by Crippen LogP contribution is 2.27. The Bertz CT molecular complexity index is 575. The van der Waals surface area contributed by atoms with E-state index in [9.17, 15) is 9.50 Å². The maximum atomic E-state index is 12.8. The Hall–Kier alpha value is -1.78. The normalized spacial score (nSPS) is 12.0. The maximum Gasteiger partial charge on any atom is 0.123 e. The number of anilines is 1. The Labute approximate surface area is 122 Å². The third-order valence-electron chi connectivity index (χ3n) is 2.91. The molecule has 20 heavy (non-hydrogen) atoms. The largest absolute Gasteiger partial charge is 0.497 e. The zero-order chi connectivity index (χ0) is 14.5. The molecule has 1 unspecified atom stereocenters. The fourth-order valence-corrected chi connectivity index (χ4v) is 1.96. The Kier molecular flexibility index (Phi) is 4.82. The van der Waals surface area contributed by atoms with Crippen LogP contribution in [0.2, 0.25) is 5.02 Å². The number of rotatable bonds is 5. The number of methoxy groups -OCH3 is 1. The second-order valence-corrected chi connectivity index (χ2v) is 4.70. The van der Waals surface area contributed by atoms with E-state index in [1.54, 1.807) is 37.4 Å². The van der Waals surface area contributed by atoms with Crippen LogP contribution in [0.1, 0.15) is 11.7 Å². The number of benzene rings is 2. The molecule has 0 aliphatic rings. The number of aliphatic hydroxyl groups is 1. The van der Waals surface area contributed by atoms with Gasteiger partial charge in [0.1, 0.15) is 11.6 Å². The van der Waals surface area contributed by atoms with Crippen LogP contribution in [0.3, 0.4) is 0 Å². The molecule has 2 aromatic carbocycles. The van der Waals surface area contributed by atoms with Gasteiger partial charge in [0.05, 0.1) is 23.9 Å². The molecular formula is C15H15ClFNO2. The number of halogens is 2. The van der Waals surface area contributed by atoms with Crippen LogP contribution in [0.4, 0.5) is 10.1 Å².